The Morgan fingerprint density at radius 3 is 3.09 bits per heavy atom. The zero-order valence-electron chi connectivity index (χ0n) is 12.8. The van der Waals surface area contributed by atoms with Gasteiger partial charge in [-0.05, 0) is 25.8 Å². The van der Waals surface area contributed by atoms with Gasteiger partial charge in [0.25, 0.3) is 5.91 Å². The molecule has 1 amide bonds. The second-order valence-corrected chi connectivity index (χ2v) is 6.76. The number of thiazole rings is 1. The maximum absolute atomic E-state index is 12.5. The highest BCUT2D eigenvalue weighted by Crippen LogP contribution is 2.28. The predicted octanol–water partition coefficient (Wildman–Crippen LogP) is 2.51. The van der Waals surface area contributed by atoms with Gasteiger partial charge in [-0.2, -0.15) is 0 Å². The summed E-state index contributed by atoms with van der Waals surface area (Å²) in [6, 6.07) is 2.09. The van der Waals surface area contributed by atoms with Gasteiger partial charge in [-0.25, -0.2) is 9.97 Å². The molecule has 1 fully saturated rings. The lowest BCUT2D eigenvalue weighted by atomic mass is 9.94. The van der Waals surface area contributed by atoms with E-state index in [0.29, 0.717) is 11.4 Å². The van der Waals surface area contributed by atoms with Crippen LogP contribution in [0.3, 0.4) is 0 Å². The zero-order chi connectivity index (χ0) is 15.8. The van der Waals surface area contributed by atoms with Crippen LogP contribution >= 0.6 is 11.3 Å². The molecular formula is C16H17N5OS. The molecule has 1 aliphatic rings. The van der Waals surface area contributed by atoms with Gasteiger partial charge in [-0.3, -0.25) is 14.2 Å². The number of fused-ring (bicyclic) bond motifs is 1. The number of hydrogen-bond acceptors (Lipinski definition) is 5. The first-order valence-electron chi connectivity index (χ1n) is 7.70. The molecule has 6 nitrogen and oxygen atoms in total. The quantitative estimate of drug-likeness (QED) is 0.725. The number of piperidine rings is 1. The van der Waals surface area contributed by atoms with E-state index in [4.69, 9.17) is 4.98 Å². The summed E-state index contributed by atoms with van der Waals surface area (Å²) in [7, 11) is 0. The highest BCUT2D eigenvalue weighted by molar-refractivity contribution is 7.11. The standard InChI is InChI=1S/C16H17N5OS/c1-11-19-14(5-13-6-17-9-21(11)13)12-3-2-4-20(8-12)16(22)15-7-18-10-23-15/h5-7,9-10,12H,2-4,8H2,1H3/t12-/m0/s1. The molecule has 7 heteroatoms. The molecule has 1 saturated heterocycles. The fourth-order valence-corrected chi connectivity index (χ4v) is 3.78. The largest absolute Gasteiger partial charge is 0.337 e. The molecule has 0 N–H and O–H groups in total. The maximum atomic E-state index is 12.5. The third-order valence-electron chi connectivity index (χ3n) is 4.37. The summed E-state index contributed by atoms with van der Waals surface area (Å²) in [6.07, 6.45) is 7.34. The summed E-state index contributed by atoms with van der Waals surface area (Å²) >= 11 is 1.40. The van der Waals surface area contributed by atoms with Crippen LogP contribution in [0, 0.1) is 6.92 Å². The van der Waals surface area contributed by atoms with Crippen LogP contribution in [0.25, 0.3) is 5.52 Å². The third kappa shape index (κ3) is 2.61. The highest BCUT2D eigenvalue weighted by atomic mass is 32.1. The van der Waals surface area contributed by atoms with Gasteiger partial charge in [-0.1, -0.05) is 0 Å². The Labute approximate surface area is 137 Å². The summed E-state index contributed by atoms with van der Waals surface area (Å²) in [5.41, 5.74) is 3.81. The van der Waals surface area contributed by atoms with Crippen LogP contribution in [0.4, 0.5) is 0 Å². The first-order chi connectivity index (χ1) is 11.2. The predicted molar refractivity (Wildman–Crippen MR) is 87.7 cm³/mol. The van der Waals surface area contributed by atoms with E-state index in [9.17, 15) is 4.79 Å². The summed E-state index contributed by atoms with van der Waals surface area (Å²) in [5.74, 6) is 1.29. The lowest BCUT2D eigenvalue weighted by Gasteiger charge is -2.32. The SMILES string of the molecule is Cc1nc([C@H]2CCCN(C(=O)c3cncs3)C2)cc2cncn12. The van der Waals surface area contributed by atoms with Gasteiger partial charge in [0.15, 0.2) is 0 Å². The van der Waals surface area contributed by atoms with Crippen molar-refractivity contribution in [2.24, 2.45) is 0 Å². The molecule has 0 bridgehead atoms. The number of aryl methyl sites for hydroxylation is 1. The molecule has 3 aromatic heterocycles. The normalized spacial score (nSPS) is 18.5. The average Bonchev–Trinajstić information content (AvgIpc) is 3.25. The minimum Gasteiger partial charge on any atom is -0.337 e. The molecule has 0 radical (unpaired) electrons. The van der Waals surface area contributed by atoms with Crippen LogP contribution in [0.1, 0.15) is 39.9 Å². The molecule has 3 aromatic rings. The van der Waals surface area contributed by atoms with Gasteiger partial charge in [0.2, 0.25) is 0 Å². The lowest BCUT2D eigenvalue weighted by Crippen LogP contribution is -2.39. The van der Waals surface area contributed by atoms with Gasteiger partial charge in [0.05, 0.1) is 23.4 Å². The molecule has 0 spiro atoms. The number of imidazole rings is 1. The van der Waals surface area contributed by atoms with Crippen molar-refractivity contribution in [3.8, 4) is 0 Å². The van der Waals surface area contributed by atoms with Crippen molar-refractivity contribution in [2.45, 2.75) is 25.7 Å². The Morgan fingerprint density at radius 2 is 2.26 bits per heavy atom. The van der Waals surface area contributed by atoms with E-state index in [1.165, 1.54) is 11.3 Å². The van der Waals surface area contributed by atoms with Crippen LogP contribution < -0.4 is 0 Å². The average molecular weight is 327 g/mol. The van der Waals surface area contributed by atoms with Crippen molar-refractivity contribution < 1.29 is 4.79 Å². The van der Waals surface area contributed by atoms with E-state index in [0.717, 1.165) is 36.4 Å². The molecular weight excluding hydrogens is 310 g/mol. The summed E-state index contributed by atoms with van der Waals surface area (Å²) in [4.78, 5) is 28.1. The van der Waals surface area contributed by atoms with Gasteiger partial charge >= 0.3 is 0 Å². The number of likely N-dealkylation sites (tertiary alicyclic amines) is 1. The van der Waals surface area contributed by atoms with E-state index >= 15 is 0 Å². The van der Waals surface area contributed by atoms with Crippen molar-refractivity contribution in [3.63, 3.8) is 0 Å². The molecule has 0 unspecified atom stereocenters. The molecule has 1 atom stereocenters. The lowest BCUT2D eigenvalue weighted by molar-refractivity contribution is 0.0710. The van der Waals surface area contributed by atoms with Gasteiger partial charge < -0.3 is 4.90 Å². The van der Waals surface area contributed by atoms with Crippen molar-refractivity contribution in [2.75, 3.05) is 13.1 Å². The molecule has 1 aliphatic heterocycles. The molecule has 0 aromatic carbocycles. The van der Waals surface area contributed by atoms with Crippen LogP contribution in [0.15, 0.2) is 30.3 Å². The summed E-state index contributed by atoms with van der Waals surface area (Å²) < 4.78 is 1.98. The highest BCUT2D eigenvalue weighted by Gasteiger charge is 2.27. The Bertz CT molecular complexity index is 841. The number of hydrogen-bond donors (Lipinski definition) is 0. The van der Waals surface area contributed by atoms with Crippen LogP contribution in [0.5, 0.6) is 0 Å². The topological polar surface area (TPSA) is 63.4 Å². The van der Waals surface area contributed by atoms with Crippen molar-refractivity contribution >= 4 is 22.8 Å². The van der Waals surface area contributed by atoms with E-state index < -0.39 is 0 Å². The monoisotopic (exact) mass is 327 g/mol. The minimum atomic E-state index is 0.0827. The van der Waals surface area contributed by atoms with Crippen LogP contribution in [-0.2, 0) is 0 Å². The Kier molecular flexibility index (Phi) is 3.57. The number of carbonyl (C=O) groups is 1. The van der Waals surface area contributed by atoms with Gasteiger partial charge in [0.1, 0.15) is 17.0 Å². The van der Waals surface area contributed by atoms with Gasteiger partial charge in [0, 0.05) is 24.7 Å². The van der Waals surface area contributed by atoms with Crippen LogP contribution in [0.2, 0.25) is 0 Å². The van der Waals surface area contributed by atoms with Crippen LogP contribution in [-0.4, -0.2) is 43.2 Å². The second kappa shape index (κ2) is 5.73. The molecule has 118 valence electrons. The van der Waals surface area contributed by atoms with Crippen molar-refractivity contribution in [1.29, 1.82) is 0 Å². The van der Waals surface area contributed by atoms with Gasteiger partial charge in [-0.15, -0.1) is 11.3 Å². The third-order valence-corrected chi connectivity index (χ3v) is 5.13. The van der Waals surface area contributed by atoms with E-state index in [2.05, 4.69) is 16.0 Å². The first-order valence-corrected chi connectivity index (χ1v) is 8.57. The number of aromatic nitrogens is 4. The number of amides is 1. The van der Waals surface area contributed by atoms with Crippen molar-refractivity contribution in [1.82, 2.24) is 24.3 Å². The van der Waals surface area contributed by atoms with E-state index in [1.54, 1.807) is 18.0 Å². The molecule has 0 saturated carbocycles. The smallest absolute Gasteiger partial charge is 0.265 e. The molecule has 4 heterocycles. The number of carbonyl (C=O) groups excluding carboxylic acids is 1. The zero-order valence-corrected chi connectivity index (χ0v) is 13.7. The Hall–Kier alpha value is -2.28. The van der Waals surface area contributed by atoms with Crippen molar-refractivity contribution in [3.05, 3.63) is 46.7 Å². The molecule has 4 rings (SSSR count). The number of nitrogens with zero attached hydrogens (tertiary/aromatic N) is 5. The Morgan fingerprint density at radius 1 is 1.35 bits per heavy atom. The second-order valence-electron chi connectivity index (χ2n) is 5.87. The number of rotatable bonds is 2. The maximum Gasteiger partial charge on any atom is 0.265 e. The van der Waals surface area contributed by atoms with E-state index in [-0.39, 0.29) is 11.8 Å². The molecule has 23 heavy (non-hydrogen) atoms. The fraction of sp³-hybridized carbons (Fsp3) is 0.375. The summed E-state index contributed by atoms with van der Waals surface area (Å²) in [5, 5.41) is 0. The fourth-order valence-electron chi connectivity index (χ4n) is 3.20. The molecule has 0 aliphatic carbocycles. The van der Waals surface area contributed by atoms with E-state index in [1.807, 2.05) is 22.4 Å². The Balaban J connectivity index is 1.60. The minimum absolute atomic E-state index is 0.0827. The summed E-state index contributed by atoms with van der Waals surface area (Å²) in [6.45, 7) is 3.51. The first kappa shape index (κ1) is 14.3.